The van der Waals surface area contributed by atoms with Crippen molar-refractivity contribution in [2.45, 2.75) is 6.42 Å². The minimum absolute atomic E-state index is 0.141. The number of amides is 1. The molecule has 0 rings (SSSR count). The van der Waals surface area contributed by atoms with Gasteiger partial charge in [0.15, 0.2) is 0 Å². The lowest BCUT2D eigenvalue weighted by Crippen LogP contribution is -2.23. The molecule has 0 aliphatic rings. The van der Waals surface area contributed by atoms with Crippen LogP contribution in [-0.2, 0) is 4.79 Å². The van der Waals surface area contributed by atoms with E-state index in [1.807, 2.05) is 0 Å². The number of nitrogens with two attached hydrogens (primary N) is 1. The third kappa shape index (κ3) is 3.55. The van der Waals surface area contributed by atoms with E-state index in [9.17, 15) is 4.79 Å². The number of carbonyl (C=O) groups excluding carboxylic acids is 1. The van der Waals surface area contributed by atoms with Gasteiger partial charge in [-0.05, 0) is 0 Å². The molecule has 0 radical (unpaired) electrons. The average molecular weight is 132 g/mol. The first-order valence-corrected chi connectivity index (χ1v) is 2.56. The zero-order valence-corrected chi connectivity index (χ0v) is 5.42. The van der Waals surface area contributed by atoms with Crippen molar-refractivity contribution in [2.24, 2.45) is 5.73 Å². The van der Waals surface area contributed by atoms with Crippen molar-refractivity contribution in [2.75, 3.05) is 7.05 Å². The number of carbonyl (C=O) groups is 1. The van der Waals surface area contributed by atoms with Gasteiger partial charge in [-0.2, -0.15) is 0 Å². The van der Waals surface area contributed by atoms with Gasteiger partial charge in [-0.3, -0.25) is 4.79 Å². The van der Waals surface area contributed by atoms with Crippen LogP contribution < -0.4 is 11.1 Å². The van der Waals surface area contributed by atoms with E-state index in [2.05, 4.69) is 17.5 Å². The summed E-state index contributed by atoms with van der Waals surface area (Å²) in [4.78, 5) is 10.6. The van der Waals surface area contributed by atoms with Gasteiger partial charge in [0.25, 0.3) is 0 Å². The number of rotatable bonds is 2. The third-order valence-corrected chi connectivity index (χ3v) is 0.758. The summed E-state index contributed by atoms with van der Waals surface area (Å²) in [6, 6.07) is 0. The Balaban J connectivity index is 3.40. The van der Waals surface area contributed by atoms with Gasteiger partial charge in [0.2, 0.25) is 5.91 Å². The zero-order chi connectivity index (χ0) is 6.57. The standard InChI is InChI=1S/C4H8N2OS/c1-6-4(7)2-3(5)8/h2H2,1H3,(H2,5,8)(H,6,7). The van der Waals surface area contributed by atoms with Crippen molar-refractivity contribution in [1.29, 1.82) is 0 Å². The van der Waals surface area contributed by atoms with E-state index in [-0.39, 0.29) is 17.3 Å². The highest BCUT2D eigenvalue weighted by Crippen LogP contribution is 1.76. The van der Waals surface area contributed by atoms with E-state index < -0.39 is 0 Å². The first-order chi connectivity index (χ1) is 3.66. The summed E-state index contributed by atoms with van der Waals surface area (Å²) in [7, 11) is 1.54. The van der Waals surface area contributed by atoms with Crippen LogP contribution in [0.2, 0.25) is 0 Å². The molecule has 0 aliphatic heterocycles. The molecule has 1 amide bonds. The molecule has 0 spiro atoms. The number of hydrogen-bond acceptors (Lipinski definition) is 2. The van der Waals surface area contributed by atoms with Crippen LogP contribution in [0.5, 0.6) is 0 Å². The Morgan fingerprint density at radius 3 is 2.50 bits per heavy atom. The van der Waals surface area contributed by atoms with Crippen LogP contribution in [0.1, 0.15) is 6.42 Å². The molecular weight excluding hydrogens is 124 g/mol. The third-order valence-electron chi connectivity index (χ3n) is 0.614. The number of hydrogen-bond donors (Lipinski definition) is 2. The van der Waals surface area contributed by atoms with E-state index in [0.29, 0.717) is 0 Å². The molecule has 0 atom stereocenters. The summed E-state index contributed by atoms with van der Waals surface area (Å²) < 4.78 is 0. The second-order valence-electron chi connectivity index (χ2n) is 1.32. The van der Waals surface area contributed by atoms with Gasteiger partial charge in [-0.1, -0.05) is 12.2 Å². The fraction of sp³-hybridized carbons (Fsp3) is 0.500. The molecule has 0 unspecified atom stereocenters. The van der Waals surface area contributed by atoms with Crippen molar-refractivity contribution in [3.8, 4) is 0 Å². The van der Waals surface area contributed by atoms with Gasteiger partial charge in [-0.25, -0.2) is 0 Å². The molecule has 0 bridgehead atoms. The quantitative estimate of drug-likeness (QED) is 0.494. The predicted molar refractivity (Wildman–Crippen MR) is 35.5 cm³/mol. The molecule has 0 fully saturated rings. The lowest BCUT2D eigenvalue weighted by atomic mass is 10.4. The van der Waals surface area contributed by atoms with Gasteiger partial charge < -0.3 is 11.1 Å². The molecule has 3 nitrogen and oxygen atoms in total. The van der Waals surface area contributed by atoms with Gasteiger partial charge in [0.1, 0.15) is 0 Å². The Morgan fingerprint density at radius 2 is 2.38 bits per heavy atom. The predicted octanol–water partition coefficient (Wildman–Crippen LogP) is -0.591. The highest BCUT2D eigenvalue weighted by atomic mass is 32.1. The molecule has 46 valence electrons. The molecule has 3 N–H and O–H groups in total. The highest BCUT2D eigenvalue weighted by Gasteiger charge is 1.96. The van der Waals surface area contributed by atoms with Crippen molar-refractivity contribution in [1.82, 2.24) is 5.32 Å². The van der Waals surface area contributed by atoms with Crippen molar-refractivity contribution < 1.29 is 4.79 Å². The van der Waals surface area contributed by atoms with Crippen LogP contribution in [0, 0.1) is 0 Å². The SMILES string of the molecule is CNC(=O)CC(N)=S. The van der Waals surface area contributed by atoms with Crippen LogP contribution in [-0.4, -0.2) is 17.9 Å². The normalized spacial score (nSPS) is 8.12. The monoisotopic (exact) mass is 132 g/mol. The lowest BCUT2D eigenvalue weighted by Gasteiger charge is -1.93. The molecule has 0 heterocycles. The van der Waals surface area contributed by atoms with E-state index in [4.69, 9.17) is 5.73 Å². The minimum Gasteiger partial charge on any atom is -0.393 e. The molecule has 8 heavy (non-hydrogen) atoms. The molecule has 4 heteroatoms. The van der Waals surface area contributed by atoms with E-state index in [1.54, 1.807) is 7.05 Å². The fourth-order valence-electron chi connectivity index (χ4n) is 0.247. The van der Waals surface area contributed by atoms with Crippen molar-refractivity contribution >= 4 is 23.1 Å². The molecular formula is C4H8N2OS. The van der Waals surface area contributed by atoms with Gasteiger partial charge in [-0.15, -0.1) is 0 Å². The summed E-state index contributed by atoms with van der Waals surface area (Å²) in [5.41, 5.74) is 5.04. The maximum absolute atomic E-state index is 10.3. The van der Waals surface area contributed by atoms with E-state index in [0.717, 1.165) is 0 Å². The minimum atomic E-state index is -0.141. The lowest BCUT2D eigenvalue weighted by molar-refractivity contribution is -0.119. The van der Waals surface area contributed by atoms with Gasteiger partial charge >= 0.3 is 0 Å². The summed E-state index contributed by atoms with van der Waals surface area (Å²) >= 11 is 4.46. The van der Waals surface area contributed by atoms with Crippen molar-refractivity contribution in [3.63, 3.8) is 0 Å². The van der Waals surface area contributed by atoms with E-state index >= 15 is 0 Å². The van der Waals surface area contributed by atoms with E-state index in [1.165, 1.54) is 0 Å². The Hall–Kier alpha value is -0.640. The summed E-state index contributed by atoms with van der Waals surface area (Å²) in [5.74, 6) is -0.141. The second-order valence-corrected chi connectivity index (χ2v) is 1.84. The van der Waals surface area contributed by atoms with Crippen LogP contribution in [0.4, 0.5) is 0 Å². The van der Waals surface area contributed by atoms with Crippen LogP contribution in [0.25, 0.3) is 0 Å². The molecule has 0 aromatic rings. The Morgan fingerprint density at radius 1 is 1.88 bits per heavy atom. The Kier molecular flexibility index (Phi) is 3.10. The molecule has 0 aromatic carbocycles. The maximum Gasteiger partial charge on any atom is 0.226 e. The maximum atomic E-state index is 10.3. The highest BCUT2D eigenvalue weighted by molar-refractivity contribution is 7.80. The first kappa shape index (κ1) is 7.36. The van der Waals surface area contributed by atoms with Gasteiger partial charge in [0, 0.05) is 7.05 Å². The van der Waals surface area contributed by atoms with Crippen LogP contribution >= 0.6 is 12.2 Å². The smallest absolute Gasteiger partial charge is 0.226 e. The molecule has 0 aromatic heterocycles. The first-order valence-electron chi connectivity index (χ1n) is 2.15. The number of thiocarbonyl (C=S) groups is 1. The molecule has 0 saturated carbocycles. The summed E-state index contributed by atoms with van der Waals surface area (Å²) in [5, 5.41) is 2.39. The second kappa shape index (κ2) is 3.37. The molecule has 0 saturated heterocycles. The summed E-state index contributed by atoms with van der Waals surface area (Å²) in [6.07, 6.45) is 0.145. The largest absolute Gasteiger partial charge is 0.393 e. The topological polar surface area (TPSA) is 55.1 Å². The van der Waals surface area contributed by atoms with Crippen molar-refractivity contribution in [3.05, 3.63) is 0 Å². The Labute approximate surface area is 53.2 Å². The average Bonchev–Trinajstić information content (AvgIpc) is 1.65. The van der Waals surface area contributed by atoms with Crippen LogP contribution in [0.3, 0.4) is 0 Å². The Bertz CT molecular complexity index is 113. The number of nitrogens with one attached hydrogen (secondary N) is 1. The summed E-state index contributed by atoms with van der Waals surface area (Å²) in [6.45, 7) is 0. The van der Waals surface area contributed by atoms with Gasteiger partial charge in [0.05, 0.1) is 11.4 Å². The van der Waals surface area contributed by atoms with Crippen LogP contribution in [0.15, 0.2) is 0 Å². The molecule has 0 aliphatic carbocycles. The fourth-order valence-corrected chi connectivity index (χ4v) is 0.378. The zero-order valence-electron chi connectivity index (χ0n) is 4.60.